The van der Waals surface area contributed by atoms with Gasteiger partial charge in [-0.1, -0.05) is 23.4 Å². The summed E-state index contributed by atoms with van der Waals surface area (Å²) in [7, 11) is 0. The van der Waals surface area contributed by atoms with Crippen LogP contribution in [0.3, 0.4) is 0 Å². The zero-order valence-corrected chi connectivity index (χ0v) is 14.3. The summed E-state index contributed by atoms with van der Waals surface area (Å²) in [6.07, 6.45) is 0. The predicted molar refractivity (Wildman–Crippen MR) is 95.8 cm³/mol. The van der Waals surface area contributed by atoms with Crippen LogP contribution in [0.4, 0.5) is 0 Å². The van der Waals surface area contributed by atoms with Crippen molar-refractivity contribution in [3.63, 3.8) is 0 Å². The van der Waals surface area contributed by atoms with Crippen molar-refractivity contribution in [3.8, 4) is 17.1 Å². The Morgan fingerprint density at radius 1 is 1.00 bits per heavy atom. The number of aromatic nitrogens is 3. The molecule has 0 radical (unpaired) electrons. The monoisotopic (exact) mass is 356 g/mol. The molecule has 2 heterocycles. The number of halogens is 1. The molecule has 1 N–H and O–H groups in total. The van der Waals surface area contributed by atoms with Gasteiger partial charge in [0.2, 0.25) is 5.16 Å². The number of fused-ring (bicyclic) bond motifs is 1. The highest BCUT2D eigenvalue weighted by molar-refractivity contribution is 8.00. The molecule has 1 aliphatic rings. The number of phenols is 1. The van der Waals surface area contributed by atoms with E-state index in [1.54, 1.807) is 28.6 Å². The first-order chi connectivity index (χ1) is 11.6. The average molecular weight is 357 g/mol. The van der Waals surface area contributed by atoms with Gasteiger partial charge in [0, 0.05) is 10.6 Å². The van der Waals surface area contributed by atoms with Crippen LogP contribution in [0.25, 0.3) is 11.4 Å². The van der Waals surface area contributed by atoms with Crippen molar-refractivity contribution in [2.45, 2.75) is 17.3 Å². The van der Waals surface area contributed by atoms with Crippen LogP contribution in [0.5, 0.6) is 5.75 Å². The lowest BCUT2D eigenvalue weighted by atomic mass is 10.1. The third-order valence-electron chi connectivity index (χ3n) is 3.75. The fraction of sp³-hybridized carbons (Fsp3) is 0.118. The molecule has 0 bridgehead atoms. The molecule has 0 saturated carbocycles. The summed E-state index contributed by atoms with van der Waals surface area (Å²) >= 11 is 7.56. The quantitative estimate of drug-likeness (QED) is 0.752. The second-order valence-corrected chi connectivity index (χ2v) is 7.16. The average Bonchev–Trinajstić information content (AvgIpc) is 2.98. The Labute approximate surface area is 148 Å². The van der Waals surface area contributed by atoms with E-state index < -0.39 is 0 Å². The second kappa shape index (κ2) is 5.96. The number of thioether (sulfide) groups is 1. The highest BCUT2D eigenvalue weighted by Gasteiger charge is 2.26. The Kier molecular flexibility index (Phi) is 3.78. The smallest absolute Gasteiger partial charge is 0.213 e. The molecule has 0 spiro atoms. The number of hydrogen-bond acceptors (Lipinski definition) is 5. The molecular weight excluding hydrogens is 344 g/mol. The summed E-state index contributed by atoms with van der Waals surface area (Å²) in [5.41, 5.74) is 2.79. The zero-order valence-electron chi connectivity index (χ0n) is 12.7. The number of nitrogens with zero attached hydrogens (tertiary/aromatic N) is 4. The van der Waals surface area contributed by atoms with Gasteiger partial charge in [-0.2, -0.15) is 9.78 Å². The Hall–Kier alpha value is -2.31. The van der Waals surface area contributed by atoms with Gasteiger partial charge in [-0.3, -0.25) is 0 Å². The van der Waals surface area contributed by atoms with Gasteiger partial charge >= 0.3 is 0 Å². The van der Waals surface area contributed by atoms with E-state index in [0.717, 1.165) is 22.0 Å². The van der Waals surface area contributed by atoms with Crippen molar-refractivity contribution < 1.29 is 5.11 Å². The summed E-state index contributed by atoms with van der Waals surface area (Å²) < 4.78 is 1.76. The minimum absolute atomic E-state index is 0.143. The van der Waals surface area contributed by atoms with Crippen LogP contribution in [0.1, 0.15) is 12.5 Å². The van der Waals surface area contributed by atoms with E-state index in [0.29, 0.717) is 10.8 Å². The van der Waals surface area contributed by atoms with Crippen molar-refractivity contribution in [2.75, 3.05) is 0 Å². The fourth-order valence-corrected chi connectivity index (χ4v) is 3.59. The SMILES string of the molecule is C[C@@H]1Sc2nnc(-c3ccc(Cl)cc3)n2N=C1c1ccc(O)cc1. The lowest BCUT2D eigenvalue weighted by Gasteiger charge is -2.20. The molecule has 5 nitrogen and oxygen atoms in total. The standard InChI is InChI=1S/C17H13ClN4OS/c1-10-15(11-4-8-14(23)9-5-11)21-22-16(19-20-17(22)24-10)12-2-6-13(18)7-3-12/h2-10,23H,1H3/t10-/m0/s1. The molecule has 1 aromatic heterocycles. The van der Waals surface area contributed by atoms with Crippen LogP contribution >= 0.6 is 23.4 Å². The number of rotatable bonds is 2. The second-order valence-electron chi connectivity index (χ2n) is 5.42. The lowest BCUT2D eigenvalue weighted by Crippen LogP contribution is -2.21. The van der Waals surface area contributed by atoms with Crippen molar-refractivity contribution in [1.29, 1.82) is 0 Å². The van der Waals surface area contributed by atoms with Crippen molar-refractivity contribution in [2.24, 2.45) is 5.10 Å². The summed E-state index contributed by atoms with van der Waals surface area (Å²) in [6, 6.07) is 14.5. The maximum Gasteiger partial charge on any atom is 0.213 e. The normalized spacial score (nSPS) is 16.6. The first-order valence-electron chi connectivity index (χ1n) is 7.38. The largest absolute Gasteiger partial charge is 0.508 e. The summed E-state index contributed by atoms with van der Waals surface area (Å²) in [5.74, 6) is 0.916. The molecule has 0 amide bonds. The van der Waals surface area contributed by atoms with E-state index in [-0.39, 0.29) is 11.0 Å². The number of aromatic hydroxyl groups is 1. The molecule has 1 atom stereocenters. The van der Waals surface area contributed by atoms with Crippen LogP contribution in [-0.4, -0.2) is 30.9 Å². The van der Waals surface area contributed by atoms with Crippen LogP contribution in [0.15, 0.2) is 58.8 Å². The highest BCUT2D eigenvalue weighted by atomic mass is 35.5. The maximum absolute atomic E-state index is 9.48. The van der Waals surface area contributed by atoms with Gasteiger partial charge in [-0.15, -0.1) is 10.2 Å². The van der Waals surface area contributed by atoms with Gasteiger partial charge in [0.25, 0.3) is 0 Å². The van der Waals surface area contributed by atoms with E-state index >= 15 is 0 Å². The van der Waals surface area contributed by atoms with E-state index in [2.05, 4.69) is 17.1 Å². The molecule has 24 heavy (non-hydrogen) atoms. The van der Waals surface area contributed by atoms with Crippen LogP contribution in [-0.2, 0) is 0 Å². The van der Waals surface area contributed by atoms with Gasteiger partial charge < -0.3 is 5.11 Å². The Bertz CT molecular complexity index is 919. The Balaban J connectivity index is 1.81. The minimum Gasteiger partial charge on any atom is -0.508 e. The van der Waals surface area contributed by atoms with Gasteiger partial charge in [0.1, 0.15) is 5.75 Å². The van der Waals surface area contributed by atoms with Crippen LogP contribution < -0.4 is 0 Å². The van der Waals surface area contributed by atoms with Crippen molar-refractivity contribution >= 4 is 29.1 Å². The third kappa shape index (κ3) is 2.68. The van der Waals surface area contributed by atoms with Gasteiger partial charge in [-0.05, 0) is 61.0 Å². The van der Waals surface area contributed by atoms with E-state index in [4.69, 9.17) is 16.7 Å². The van der Waals surface area contributed by atoms with Crippen molar-refractivity contribution in [1.82, 2.24) is 14.9 Å². The van der Waals surface area contributed by atoms with E-state index in [1.165, 1.54) is 0 Å². The number of hydrogen-bond donors (Lipinski definition) is 1. The lowest BCUT2D eigenvalue weighted by molar-refractivity contribution is 0.475. The zero-order chi connectivity index (χ0) is 16.7. The molecule has 3 aromatic rings. The predicted octanol–water partition coefficient (Wildman–Crippen LogP) is 4.05. The Morgan fingerprint density at radius 3 is 2.38 bits per heavy atom. The molecule has 0 aliphatic carbocycles. The number of benzene rings is 2. The van der Waals surface area contributed by atoms with Gasteiger partial charge in [0.15, 0.2) is 5.82 Å². The van der Waals surface area contributed by atoms with Gasteiger partial charge in [0.05, 0.1) is 11.0 Å². The molecule has 0 fully saturated rings. The first kappa shape index (κ1) is 15.2. The maximum atomic E-state index is 9.48. The minimum atomic E-state index is 0.143. The topological polar surface area (TPSA) is 63.3 Å². The molecule has 1 aliphatic heterocycles. The molecule has 0 unspecified atom stereocenters. The van der Waals surface area contributed by atoms with Crippen molar-refractivity contribution in [3.05, 3.63) is 59.1 Å². The van der Waals surface area contributed by atoms with Gasteiger partial charge in [-0.25, -0.2) is 0 Å². The van der Waals surface area contributed by atoms with Crippen LogP contribution in [0, 0.1) is 0 Å². The molecule has 0 saturated heterocycles. The third-order valence-corrected chi connectivity index (χ3v) is 5.05. The highest BCUT2D eigenvalue weighted by Crippen LogP contribution is 2.33. The first-order valence-corrected chi connectivity index (χ1v) is 8.64. The Morgan fingerprint density at radius 2 is 1.67 bits per heavy atom. The number of phenolic OH excluding ortho intramolecular Hbond substituents is 1. The summed E-state index contributed by atoms with van der Waals surface area (Å²) in [5, 5.41) is 24.3. The summed E-state index contributed by atoms with van der Waals surface area (Å²) in [6.45, 7) is 2.08. The van der Waals surface area contributed by atoms with Crippen LogP contribution in [0.2, 0.25) is 5.02 Å². The fourth-order valence-electron chi connectivity index (χ4n) is 2.54. The summed E-state index contributed by atoms with van der Waals surface area (Å²) in [4.78, 5) is 0. The molecule has 2 aromatic carbocycles. The van der Waals surface area contributed by atoms with E-state index in [9.17, 15) is 5.11 Å². The molecule has 4 rings (SSSR count). The molecule has 120 valence electrons. The molecular formula is C17H13ClN4OS. The van der Waals surface area contributed by atoms with E-state index in [1.807, 2.05) is 36.4 Å². The molecule has 7 heteroatoms.